The van der Waals surface area contributed by atoms with Crippen molar-refractivity contribution in [2.45, 2.75) is 43.6 Å². The van der Waals surface area contributed by atoms with E-state index in [1.54, 1.807) is 0 Å². The first-order valence-corrected chi connectivity index (χ1v) is 14.0. The predicted octanol–water partition coefficient (Wildman–Crippen LogP) is 5.00. The van der Waals surface area contributed by atoms with Gasteiger partial charge in [-0.15, -0.1) is 6.42 Å². The first-order chi connectivity index (χ1) is 21.6. The fourth-order valence-electron chi connectivity index (χ4n) is 5.58. The number of halogens is 3. The number of carbonyl (C=O) groups is 1. The summed E-state index contributed by atoms with van der Waals surface area (Å²) in [6, 6.07) is 28.5. The molecule has 1 fully saturated rings. The second-order valence-electron chi connectivity index (χ2n) is 10.4. The monoisotopic (exact) mass is 618 g/mol. The van der Waals surface area contributed by atoms with Crippen LogP contribution in [0.3, 0.4) is 0 Å². The molecule has 1 aromatic heterocycles. The van der Waals surface area contributed by atoms with Crippen molar-refractivity contribution in [3.8, 4) is 12.3 Å². The Balaban J connectivity index is 1.57. The predicted molar refractivity (Wildman–Crippen MR) is 159 cm³/mol. The van der Waals surface area contributed by atoms with Gasteiger partial charge in [0.05, 0.1) is 12.7 Å². The van der Waals surface area contributed by atoms with Crippen molar-refractivity contribution in [3.05, 3.63) is 140 Å². The molecule has 1 saturated heterocycles. The number of aromatic nitrogens is 2. The van der Waals surface area contributed by atoms with E-state index in [-0.39, 0.29) is 24.2 Å². The number of ether oxygens (including phenoxy) is 3. The summed E-state index contributed by atoms with van der Waals surface area (Å²) in [4.78, 5) is 37.7. The Morgan fingerprint density at radius 1 is 0.933 bits per heavy atom. The molecule has 45 heavy (non-hydrogen) atoms. The van der Waals surface area contributed by atoms with Crippen molar-refractivity contribution in [3.63, 3.8) is 0 Å². The van der Waals surface area contributed by atoms with Gasteiger partial charge in [-0.2, -0.15) is 17.7 Å². The molecule has 4 aromatic rings. The second-order valence-corrected chi connectivity index (χ2v) is 10.4. The molecule has 11 heteroatoms. The average molecular weight is 619 g/mol. The molecule has 0 bridgehead atoms. The third-order valence-electron chi connectivity index (χ3n) is 7.61. The summed E-state index contributed by atoms with van der Waals surface area (Å²) in [5, 5.41) is 0. The van der Waals surface area contributed by atoms with E-state index in [9.17, 15) is 27.6 Å². The third kappa shape index (κ3) is 6.26. The Morgan fingerprint density at radius 2 is 1.44 bits per heavy atom. The number of terminal acetylenes is 1. The maximum Gasteiger partial charge on any atom is 0.423 e. The van der Waals surface area contributed by atoms with Gasteiger partial charge in [-0.1, -0.05) is 96.9 Å². The lowest BCUT2D eigenvalue weighted by Gasteiger charge is -2.37. The summed E-state index contributed by atoms with van der Waals surface area (Å²) < 4.78 is 60.7. The van der Waals surface area contributed by atoms with Gasteiger partial charge in [-0.25, -0.2) is 4.79 Å². The van der Waals surface area contributed by atoms with Crippen LogP contribution in [-0.4, -0.2) is 40.5 Å². The van der Waals surface area contributed by atoms with Crippen molar-refractivity contribution < 1.29 is 32.2 Å². The number of benzene rings is 3. The van der Waals surface area contributed by atoms with Crippen LogP contribution in [0.15, 0.2) is 107 Å². The minimum absolute atomic E-state index is 0.0570. The van der Waals surface area contributed by atoms with E-state index in [4.69, 9.17) is 20.6 Å². The van der Waals surface area contributed by atoms with Crippen molar-refractivity contribution >= 4 is 5.91 Å². The molecule has 5 rings (SSSR count). The summed E-state index contributed by atoms with van der Waals surface area (Å²) in [5.74, 6) is 1.20. The molecule has 0 radical (unpaired) electrons. The Hall–Kier alpha value is -4.76. The highest BCUT2D eigenvalue weighted by Crippen LogP contribution is 2.42. The van der Waals surface area contributed by atoms with E-state index in [0.717, 1.165) is 23.6 Å². The minimum atomic E-state index is -5.13. The Morgan fingerprint density at radius 3 is 1.89 bits per heavy atom. The van der Waals surface area contributed by atoms with Crippen LogP contribution in [0.5, 0.6) is 0 Å². The molecule has 232 valence electrons. The average Bonchev–Trinajstić information content (AvgIpc) is 3.43. The Kier molecular flexibility index (Phi) is 9.20. The third-order valence-corrected chi connectivity index (χ3v) is 7.61. The molecular formula is C34H29F3N2O6. The zero-order chi connectivity index (χ0) is 32.2. The van der Waals surface area contributed by atoms with Crippen LogP contribution < -0.4 is 11.2 Å². The van der Waals surface area contributed by atoms with E-state index in [2.05, 4.69) is 5.92 Å². The van der Waals surface area contributed by atoms with Gasteiger partial charge in [0.15, 0.2) is 0 Å². The number of rotatable bonds is 9. The second kappa shape index (κ2) is 13.1. The van der Waals surface area contributed by atoms with Gasteiger partial charge in [0, 0.05) is 19.5 Å². The van der Waals surface area contributed by atoms with Crippen molar-refractivity contribution in [2.75, 3.05) is 13.2 Å². The number of carbonyl (C=O) groups excluding carboxylic acids is 1. The number of hydrogen-bond acceptors (Lipinski definition) is 6. The topological polar surface area (TPSA) is 88.8 Å². The van der Waals surface area contributed by atoms with E-state index in [1.165, 1.54) is 0 Å². The molecule has 0 amide bonds. The molecular weight excluding hydrogens is 589 g/mol. The van der Waals surface area contributed by atoms with Gasteiger partial charge in [-0.05, 0) is 16.7 Å². The number of alkyl halides is 3. The first-order valence-electron chi connectivity index (χ1n) is 14.0. The van der Waals surface area contributed by atoms with Crippen LogP contribution in [0.1, 0.15) is 46.6 Å². The molecule has 3 aromatic carbocycles. The van der Waals surface area contributed by atoms with Gasteiger partial charge in [-0.3, -0.25) is 14.2 Å². The van der Waals surface area contributed by atoms with Gasteiger partial charge < -0.3 is 14.2 Å². The van der Waals surface area contributed by atoms with Gasteiger partial charge in [0.1, 0.15) is 30.1 Å². The largest absolute Gasteiger partial charge is 0.423 e. The number of nitrogens with zero attached hydrogens (tertiary/aromatic N) is 2. The van der Waals surface area contributed by atoms with Gasteiger partial charge >= 0.3 is 11.9 Å². The fraction of sp³-hybridized carbons (Fsp3) is 0.265. The summed E-state index contributed by atoms with van der Waals surface area (Å²) in [5.41, 5.74) is -3.45. The highest BCUT2D eigenvalue weighted by Gasteiger charge is 2.44. The SMILES string of the molecule is C#CCO[C@H]1C[C@H](n2cc(C(F)(F)F)c(=O)n(C(C)=O)c2=O)O[C@@H]1COC(c1ccccc1)(c1ccccc1)c1ccccc1. The molecule has 0 spiro atoms. The summed E-state index contributed by atoms with van der Waals surface area (Å²) in [6.45, 7) is 0.542. The Bertz CT molecular complexity index is 1700. The van der Waals surface area contributed by atoms with Crippen molar-refractivity contribution in [2.24, 2.45) is 0 Å². The first kappa shape index (κ1) is 31.7. The lowest BCUT2D eigenvalue weighted by molar-refractivity contribution is -0.140. The van der Waals surface area contributed by atoms with E-state index in [1.807, 2.05) is 91.0 Å². The summed E-state index contributed by atoms with van der Waals surface area (Å²) in [7, 11) is 0. The normalized spacial score (nSPS) is 18.4. The van der Waals surface area contributed by atoms with E-state index in [0.29, 0.717) is 10.8 Å². The molecule has 2 heterocycles. The van der Waals surface area contributed by atoms with Crippen LogP contribution in [0.4, 0.5) is 13.2 Å². The lowest BCUT2D eigenvalue weighted by Crippen LogP contribution is -2.46. The molecule has 1 aliphatic heterocycles. The zero-order valence-electron chi connectivity index (χ0n) is 24.1. The molecule has 1 aliphatic rings. The molecule has 0 aliphatic carbocycles. The Labute approximate surface area is 256 Å². The number of hydrogen-bond donors (Lipinski definition) is 0. The fourth-order valence-corrected chi connectivity index (χ4v) is 5.58. The summed E-state index contributed by atoms with van der Waals surface area (Å²) in [6.07, 6.45) is -2.51. The standard InChI is InChI=1S/C34H29F3N2O6/c1-3-19-43-28-20-30(38-21-27(34(35,36)37)31(41)39(23(2)40)32(38)42)45-29(28)22-44-33(24-13-7-4-8-14-24,25-15-9-5-10-16-25)26-17-11-6-12-18-26/h1,4-18,21,28-30H,19-20,22H2,2H3/t28-,29+,30+/m0/s1. The van der Waals surface area contributed by atoms with Crippen LogP contribution in [-0.2, 0) is 26.0 Å². The molecule has 8 nitrogen and oxygen atoms in total. The minimum Gasteiger partial charge on any atom is -0.363 e. The quantitative estimate of drug-likeness (QED) is 0.194. The van der Waals surface area contributed by atoms with Crippen LogP contribution in [0.25, 0.3) is 0 Å². The smallest absolute Gasteiger partial charge is 0.363 e. The zero-order valence-corrected chi connectivity index (χ0v) is 24.1. The van der Waals surface area contributed by atoms with Crippen LogP contribution in [0.2, 0.25) is 0 Å². The van der Waals surface area contributed by atoms with E-state index >= 15 is 0 Å². The van der Waals surface area contributed by atoms with Gasteiger partial charge in [0.25, 0.3) is 5.56 Å². The van der Waals surface area contributed by atoms with Crippen LogP contribution in [0, 0.1) is 12.3 Å². The summed E-state index contributed by atoms with van der Waals surface area (Å²) >= 11 is 0. The van der Waals surface area contributed by atoms with E-state index < -0.39 is 52.9 Å². The highest BCUT2D eigenvalue weighted by atomic mass is 19.4. The van der Waals surface area contributed by atoms with Crippen molar-refractivity contribution in [1.82, 2.24) is 9.13 Å². The molecule has 3 atom stereocenters. The molecule has 0 saturated carbocycles. The van der Waals surface area contributed by atoms with Gasteiger partial charge in [0.2, 0.25) is 5.91 Å². The highest BCUT2D eigenvalue weighted by molar-refractivity contribution is 5.75. The molecule has 0 unspecified atom stereocenters. The maximum atomic E-state index is 13.8. The molecule has 0 N–H and O–H groups in total. The van der Waals surface area contributed by atoms with Crippen molar-refractivity contribution in [1.29, 1.82) is 0 Å². The maximum absolute atomic E-state index is 13.8. The van der Waals surface area contributed by atoms with Crippen LogP contribution >= 0.6 is 0 Å². The lowest BCUT2D eigenvalue weighted by atomic mass is 9.80.